The minimum atomic E-state index is 0.400. The van der Waals surface area contributed by atoms with Crippen LogP contribution in [0.15, 0.2) is 52.5 Å². The van der Waals surface area contributed by atoms with Gasteiger partial charge in [-0.2, -0.15) is 0 Å². The number of imidazole rings is 1. The van der Waals surface area contributed by atoms with E-state index >= 15 is 0 Å². The van der Waals surface area contributed by atoms with Gasteiger partial charge in [0.2, 0.25) is 0 Å². The Bertz CT molecular complexity index is 669. The third kappa shape index (κ3) is 4.29. The summed E-state index contributed by atoms with van der Waals surface area (Å²) >= 11 is 3.64. The maximum Gasteiger partial charge on any atom is 0.191 e. The number of halogens is 1. The Morgan fingerprint density at radius 3 is 3.04 bits per heavy atom. The number of guanidine groups is 1. The second-order valence-corrected chi connectivity index (χ2v) is 6.68. The van der Waals surface area contributed by atoms with Gasteiger partial charge in [-0.3, -0.25) is 4.99 Å². The highest BCUT2D eigenvalue weighted by Gasteiger charge is 2.24. The number of nitrogens with zero attached hydrogens (tertiary/aromatic N) is 4. The van der Waals surface area contributed by atoms with Gasteiger partial charge >= 0.3 is 0 Å². The van der Waals surface area contributed by atoms with Crippen molar-refractivity contribution in [3.8, 4) is 0 Å². The number of anilines is 1. The molecule has 1 saturated heterocycles. The number of aromatic nitrogens is 2. The Hall–Kier alpha value is -2.02. The molecule has 1 atom stereocenters. The molecule has 2 aromatic rings. The molecule has 0 radical (unpaired) electrons. The predicted octanol–water partition coefficient (Wildman–Crippen LogP) is 2.09. The van der Waals surface area contributed by atoms with E-state index in [-0.39, 0.29) is 0 Å². The van der Waals surface area contributed by atoms with Crippen molar-refractivity contribution in [1.29, 1.82) is 0 Å². The van der Waals surface area contributed by atoms with E-state index in [0.717, 1.165) is 43.0 Å². The van der Waals surface area contributed by atoms with E-state index in [0.29, 0.717) is 6.04 Å². The summed E-state index contributed by atoms with van der Waals surface area (Å²) < 4.78 is 3.19. The molecule has 128 valence electrons. The summed E-state index contributed by atoms with van der Waals surface area (Å²) in [6.07, 6.45) is 6.68. The lowest BCUT2D eigenvalue weighted by Crippen LogP contribution is -2.45. The summed E-state index contributed by atoms with van der Waals surface area (Å²) in [5.74, 6) is 0.856. The zero-order chi connectivity index (χ0) is 16.8. The third-order valence-corrected chi connectivity index (χ3v) is 4.84. The number of benzene rings is 1. The minimum Gasteiger partial charge on any atom is -0.368 e. The molecule has 1 fully saturated rings. The molecule has 2 heterocycles. The molecule has 0 amide bonds. The highest BCUT2D eigenvalue weighted by Crippen LogP contribution is 2.28. The summed E-state index contributed by atoms with van der Waals surface area (Å²) in [5.41, 5.74) is 1.25. The zero-order valence-electron chi connectivity index (χ0n) is 13.8. The number of hydrogen-bond donors (Lipinski definition) is 2. The van der Waals surface area contributed by atoms with Crippen LogP contribution in [0.3, 0.4) is 0 Å². The Morgan fingerprint density at radius 1 is 1.42 bits per heavy atom. The van der Waals surface area contributed by atoms with Crippen LogP contribution in [0.25, 0.3) is 0 Å². The van der Waals surface area contributed by atoms with Crippen LogP contribution in [0.1, 0.15) is 6.42 Å². The van der Waals surface area contributed by atoms with Gasteiger partial charge in [0.05, 0.1) is 12.0 Å². The van der Waals surface area contributed by atoms with Gasteiger partial charge < -0.3 is 20.1 Å². The van der Waals surface area contributed by atoms with E-state index in [2.05, 4.69) is 59.6 Å². The first-order valence-electron chi connectivity index (χ1n) is 8.18. The average Bonchev–Trinajstić information content (AvgIpc) is 3.26. The van der Waals surface area contributed by atoms with Gasteiger partial charge in [0.15, 0.2) is 5.96 Å². The molecule has 24 heavy (non-hydrogen) atoms. The predicted molar refractivity (Wildman–Crippen MR) is 101 cm³/mol. The smallest absolute Gasteiger partial charge is 0.191 e. The lowest BCUT2D eigenvalue weighted by Gasteiger charge is -2.21. The van der Waals surface area contributed by atoms with Crippen molar-refractivity contribution in [3.05, 3.63) is 47.5 Å². The van der Waals surface area contributed by atoms with Crippen LogP contribution < -0.4 is 15.5 Å². The van der Waals surface area contributed by atoms with Crippen LogP contribution in [0, 0.1) is 0 Å². The molecule has 6 nitrogen and oxygen atoms in total. The highest BCUT2D eigenvalue weighted by molar-refractivity contribution is 9.10. The van der Waals surface area contributed by atoms with Gasteiger partial charge in [0.1, 0.15) is 0 Å². The van der Waals surface area contributed by atoms with E-state index in [1.54, 1.807) is 6.20 Å². The van der Waals surface area contributed by atoms with E-state index < -0.39 is 0 Å². The SMILES string of the molecule is CN=C(NCCn1ccnc1)NC1CCN(c2ccccc2Br)C1. The van der Waals surface area contributed by atoms with Gasteiger partial charge in [0, 0.05) is 56.1 Å². The molecule has 0 bridgehead atoms. The average molecular weight is 391 g/mol. The van der Waals surface area contributed by atoms with E-state index in [4.69, 9.17) is 0 Å². The lowest BCUT2D eigenvalue weighted by atomic mass is 10.3. The summed E-state index contributed by atoms with van der Waals surface area (Å²) in [4.78, 5) is 10.8. The van der Waals surface area contributed by atoms with Crippen LogP contribution >= 0.6 is 15.9 Å². The first-order valence-corrected chi connectivity index (χ1v) is 8.98. The maximum atomic E-state index is 4.33. The molecular weight excluding hydrogens is 368 g/mol. The molecule has 3 rings (SSSR count). The molecule has 2 N–H and O–H groups in total. The van der Waals surface area contributed by atoms with Crippen molar-refractivity contribution >= 4 is 27.6 Å². The van der Waals surface area contributed by atoms with Crippen molar-refractivity contribution in [2.75, 3.05) is 31.6 Å². The second kappa shape index (κ2) is 8.19. The van der Waals surface area contributed by atoms with E-state index in [1.165, 1.54) is 5.69 Å². The van der Waals surface area contributed by atoms with Gasteiger partial charge in [-0.1, -0.05) is 12.1 Å². The largest absolute Gasteiger partial charge is 0.368 e. The Labute approximate surface area is 151 Å². The van der Waals surface area contributed by atoms with Crippen molar-refractivity contribution in [2.24, 2.45) is 4.99 Å². The first-order chi connectivity index (χ1) is 11.8. The van der Waals surface area contributed by atoms with Gasteiger partial charge in [0.25, 0.3) is 0 Å². The normalized spacial score (nSPS) is 18.0. The summed E-state index contributed by atoms with van der Waals surface area (Å²) in [7, 11) is 1.81. The number of hydrogen-bond acceptors (Lipinski definition) is 3. The van der Waals surface area contributed by atoms with Crippen molar-refractivity contribution in [2.45, 2.75) is 19.0 Å². The zero-order valence-corrected chi connectivity index (χ0v) is 15.4. The fraction of sp³-hybridized carbons (Fsp3) is 0.412. The number of aliphatic imine (C=N–C) groups is 1. The van der Waals surface area contributed by atoms with Crippen LogP contribution in [-0.4, -0.2) is 48.2 Å². The molecule has 0 saturated carbocycles. The Kier molecular flexibility index (Phi) is 5.74. The monoisotopic (exact) mass is 390 g/mol. The van der Waals surface area contributed by atoms with E-state index in [1.807, 2.05) is 30.2 Å². The fourth-order valence-corrected chi connectivity index (χ4v) is 3.45. The quantitative estimate of drug-likeness (QED) is 0.606. The van der Waals surface area contributed by atoms with Gasteiger partial charge in [-0.05, 0) is 34.5 Å². The van der Waals surface area contributed by atoms with Crippen molar-refractivity contribution in [1.82, 2.24) is 20.2 Å². The molecule has 1 unspecified atom stereocenters. The van der Waals surface area contributed by atoms with Crippen LogP contribution in [0.2, 0.25) is 0 Å². The number of rotatable bonds is 5. The maximum absolute atomic E-state index is 4.33. The Balaban J connectivity index is 1.47. The van der Waals surface area contributed by atoms with Crippen LogP contribution in [0.5, 0.6) is 0 Å². The molecule has 0 aliphatic carbocycles. The van der Waals surface area contributed by atoms with Gasteiger partial charge in [-0.15, -0.1) is 0 Å². The first kappa shape index (κ1) is 16.8. The minimum absolute atomic E-state index is 0.400. The molecule has 1 aliphatic rings. The van der Waals surface area contributed by atoms with Crippen molar-refractivity contribution in [3.63, 3.8) is 0 Å². The molecule has 7 heteroatoms. The molecule has 1 aromatic carbocycles. The number of para-hydroxylation sites is 1. The number of nitrogens with one attached hydrogen (secondary N) is 2. The molecule has 0 spiro atoms. The van der Waals surface area contributed by atoms with Crippen LogP contribution in [0.4, 0.5) is 5.69 Å². The standard InChI is InChI=1S/C17H23BrN6/c1-19-17(21-8-11-23-10-7-20-13-23)22-14-6-9-24(12-14)16-5-3-2-4-15(16)18/h2-5,7,10,13-14H,6,8-9,11-12H2,1H3,(H2,19,21,22). The van der Waals surface area contributed by atoms with E-state index in [9.17, 15) is 0 Å². The Morgan fingerprint density at radius 2 is 2.29 bits per heavy atom. The summed E-state index contributed by atoms with van der Waals surface area (Å²) in [5, 5.41) is 6.89. The van der Waals surface area contributed by atoms with Crippen molar-refractivity contribution < 1.29 is 0 Å². The summed E-state index contributed by atoms with van der Waals surface area (Å²) in [6, 6.07) is 8.77. The second-order valence-electron chi connectivity index (χ2n) is 5.83. The molecule has 1 aromatic heterocycles. The molecule has 1 aliphatic heterocycles. The van der Waals surface area contributed by atoms with Gasteiger partial charge in [-0.25, -0.2) is 4.98 Å². The fourth-order valence-electron chi connectivity index (χ4n) is 2.92. The lowest BCUT2D eigenvalue weighted by molar-refractivity contribution is 0.625. The molecular formula is C17H23BrN6. The van der Waals surface area contributed by atoms with Crippen LogP contribution in [-0.2, 0) is 6.54 Å². The summed E-state index contributed by atoms with van der Waals surface area (Å²) in [6.45, 7) is 3.71. The highest BCUT2D eigenvalue weighted by atomic mass is 79.9. The topological polar surface area (TPSA) is 57.5 Å². The third-order valence-electron chi connectivity index (χ3n) is 4.17.